The van der Waals surface area contributed by atoms with Crippen LogP contribution in [0.4, 0.5) is 17.6 Å². The molecule has 0 radical (unpaired) electrons. The van der Waals surface area contributed by atoms with E-state index in [-0.39, 0.29) is 30.0 Å². The van der Waals surface area contributed by atoms with Crippen LogP contribution in [0, 0.1) is 12.7 Å². The number of hydrogen-bond acceptors (Lipinski definition) is 5. The third-order valence-electron chi connectivity index (χ3n) is 6.65. The summed E-state index contributed by atoms with van der Waals surface area (Å²) in [5.41, 5.74) is -0.186. The maximum absolute atomic E-state index is 15.3. The third-order valence-corrected chi connectivity index (χ3v) is 6.65. The van der Waals surface area contributed by atoms with Gasteiger partial charge in [-0.2, -0.15) is 13.2 Å². The van der Waals surface area contributed by atoms with Gasteiger partial charge in [0.2, 0.25) is 0 Å². The van der Waals surface area contributed by atoms with Gasteiger partial charge in [0, 0.05) is 12.1 Å². The van der Waals surface area contributed by atoms with Crippen LogP contribution < -0.4 is 14.8 Å². The zero-order valence-corrected chi connectivity index (χ0v) is 21.2. The van der Waals surface area contributed by atoms with Crippen molar-refractivity contribution in [2.24, 2.45) is 0 Å². The van der Waals surface area contributed by atoms with Crippen molar-refractivity contribution in [3.63, 3.8) is 0 Å². The minimum Gasteiger partial charge on any atom is -0.486 e. The largest absolute Gasteiger partial charge is 0.486 e. The van der Waals surface area contributed by atoms with Gasteiger partial charge in [-0.1, -0.05) is 36.4 Å². The number of aliphatic hydroxyl groups excluding tert-OH is 1. The second-order valence-electron chi connectivity index (χ2n) is 9.37. The summed E-state index contributed by atoms with van der Waals surface area (Å²) in [7, 11) is 0. The Hall–Kier alpha value is -3.89. The second kappa shape index (κ2) is 11.1. The molecule has 3 aromatic carbocycles. The van der Waals surface area contributed by atoms with E-state index in [0.29, 0.717) is 34.6 Å². The summed E-state index contributed by atoms with van der Waals surface area (Å²) in [4.78, 5) is 11.4. The Morgan fingerprint density at radius 1 is 1.03 bits per heavy atom. The van der Waals surface area contributed by atoms with Crippen LogP contribution in [0.5, 0.6) is 11.5 Å². The first-order valence-corrected chi connectivity index (χ1v) is 12.1. The lowest BCUT2D eigenvalue weighted by Gasteiger charge is -2.24. The van der Waals surface area contributed by atoms with Gasteiger partial charge < -0.3 is 19.7 Å². The molecule has 6 nitrogen and oxygen atoms in total. The minimum absolute atomic E-state index is 0.0273. The molecule has 3 N–H and O–H groups in total. The van der Waals surface area contributed by atoms with Gasteiger partial charge in [-0.3, -0.25) is 10.1 Å². The molecule has 0 amide bonds. The van der Waals surface area contributed by atoms with Crippen molar-refractivity contribution in [1.29, 1.82) is 0 Å². The van der Waals surface area contributed by atoms with Crippen LogP contribution in [0.15, 0.2) is 48.5 Å². The number of carboxylic acids is 1. The zero-order valence-electron chi connectivity index (χ0n) is 21.2. The summed E-state index contributed by atoms with van der Waals surface area (Å²) in [5.74, 6) is -1.53. The van der Waals surface area contributed by atoms with Crippen LogP contribution in [-0.4, -0.2) is 41.5 Å². The number of fused-ring (bicyclic) bond motifs is 1. The Morgan fingerprint density at radius 2 is 1.74 bits per heavy atom. The SMILES string of the molecule is Cc1c(/C=C/c2cc(CNC(C)(CO)C(=O)O)ccc2C(F)(F)F)cccc1-c1ccc2c(c1F)OCCO2. The Kier molecular flexibility index (Phi) is 7.99. The molecule has 0 aliphatic carbocycles. The summed E-state index contributed by atoms with van der Waals surface area (Å²) in [6.45, 7) is 2.79. The van der Waals surface area contributed by atoms with E-state index in [4.69, 9.17) is 9.47 Å². The predicted octanol–water partition coefficient (Wildman–Crippen LogP) is 5.69. The number of nitrogens with one attached hydrogen (secondary N) is 1. The molecular formula is C29H27F4NO5. The molecule has 1 aliphatic heterocycles. The van der Waals surface area contributed by atoms with Gasteiger partial charge >= 0.3 is 12.1 Å². The smallest absolute Gasteiger partial charge is 0.416 e. The minimum atomic E-state index is -4.63. The van der Waals surface area contributed by atoms with Gasteiger partial charge in [-0.25, -0.2) is 4.39 Å². The predicted molar refractivity (Wildman–Crippen MR) is 138 cm³/mol. The van der Waals surface area contributed by atoms with E-state index in [1.165, 1.54) is 31.2 Å². The Labute approximate surface area is 222 Å². The lowest BCUT2D eigenvalue weighted by molar-refractivity contribution is -0.146. The van der Waals surface area contributed by atoms with Crippen LogP contribution in [0.3, 0.4) is 0 Å². The molecule has 39 heavy (non-hydrogen) atoms. The first-order valence-electron chi connectivity index (χ1n) is 12.1. The van der Waals surface area contributed by atoms with Crippen molar-refractivity contribution >= 4 is 18.1 Å². The molecule has 1 aliphatic rings. The first-order chi connectivity index (χ1) is 18.4. The Balaban J connectivity index is 1.68. The van der Waals surface area contributed by atoms with Crippen LogP contribution in [0.2, 0.25) is 0 Å². The lowest BCUT2D eigenvalue weighted by atomic mass is 9.94. The molecule has 0 fully saturated rings. The quantitative estimate of drug-likeness (QED) is 0.249. The van der Waals surface area contributed by atoms with Gasteiger partial charge in [0.15, 0.2) is 17.3 Å². The molecule has 1 heterocycles. The molecule has 206 valence electrons. The summed E-state index contributed by atoms with van der Waals surface area (Å²) < 4.78 is 67.4. The molecule has 3 aromatic rings. The van der Waals surface area contributed by atoms with E-state index in [1.54, 1.807) is 37.3 Å². The highest BCUT2D eigenvalue weighted by atomic mass is 19.4. The number of alkyl halides is 3. The van der Waals surface area contributed by atoms with E-state index < -0.39 is 35.7 Å². The fraction of sp³-hybridized carbons (Fsp3) is 0.276. The Bertz CT molecular complexity index is 1420. The number of halogens is 4. The monoisotopic (exact) mass is 545 g/mol. The summed E-state index contributed by atoms with van der Waals surface area (Å²) in [6.07, 6.45) is -1.79. The summed E-state index contributed by atoms with van der Waals surface area (Å²) >= 11 is 0. The summed E-state index contributed by atoms with van der Waals surface area (Å²) in [6, 6.07) is 11.8. The molecule has 10 heteroatoms. The van der Waals surface area contributed by atoms with Gasteiger partial charge in [-0.15, -0.1) is 0 Å². The molecule has 0 spiro atoms. The molecule has 0 saturated heterocycles. The number of carboxylic acid groups (broad SMARTS) is 1. The second-order valence-corrected chi connectivity index (χ2v) is 9.37. The van der Waals surface area contributed by atoms with Crippen molar-refractivity contribution in [3.05, 3.63) is 82.2 Å². The highest BCUT2D eigenvalue weighted by molar-refractivity contribution is 5.80. The lowest BCUT2D eigenvalue weighted by Crippen LogP contribution is -2.52. The van der Waals surface area contributed by atoms with E-state index >= 15 is 4.39 Å². The average Bonchev–Trinajstić information content (AvgIpc) is 2.91. The van der Waals surface area contributed by atoms with Crippen LogP contribution in [-0.2, 0) is 17.5 Å². The highest BCUT2D eigenvalue weighted by Gasteiger charge is 2.34. The fourth-order valence-corrected chi connectivity index (χ4v) is 4.21. The van der Waals surface area contributed by atoms with E-state index in [0.717, 1.165) is 6.07 Å². The van der Waals surface area contributed by atoms with Crippen molar-refractivity contribution in [2.45, 2.75) is 32.1 Å². The normalized spacial score (nSPS) is 14.8. The van der Waals surface area contributed by atoms with Crippen molar-refractivity contribution in [3.8, 4) is 22.6 Å². The van der Waals surface area contributed by atoms with Gasteiger partial charge in [-0.05, 0) is 65.9 Å². The van der Waals surface area contributed by atoms with Crippen molar-refractivity contribution in [2.75, 3.05) is 19.8 Å². The van der Waals surface area contributed by atoms with Crippen molar-refractivity contribution < 1.29 is 42.0 Å². The maximum atomic E-state index is 15.3. The number of benzene rings is 3. The van der Waals surface area contributed by atoms with Gasteiger partial charge in [0.05, 0.1) is 12.2 Å². The van der Waals surface area contributed by atoms with Crippen LogP contribution >= 0.6 is 0 Å². The molecule has 4 rings (SSSR count). The van der Waals surface area contributed by atoms with E-state index in [2.05, 4.69) is 5.32 Å². The number of carbonyl (C=O) groups is 1. The molecular weight excluding hydrogens is 518 g/mol. The number of rotatable bonds is 8. The number of hydrogen-bond donors (Lipinski definition) is 3. The van der Waals surface area contributed by atoms with E-state index in [9.17, 15) is 28.2 Å². The molecule has 0 saturated carbocycles. The number of aliphatic carboxylic acids is 1. The Morgan fingerprint density at radius 3 is 2.44 bits per heavy atom. The van der Waals surface area contributed by atoms with E-state index in [1.807, 2.05) is 0 Å². The van der Waals surface area contributed by atoms with Crippen LogP contribution in [0.1, 0.15) is 34.7 Å². The summed E-state index contributed by atoms with van der Waals surface area (Å²) in [5, 5.41) is 21.4. The number of aliphatic hydroxyl groups is 1. The third kappa shape index (κ3) is 5.91. The van der Waals surface area contributed by atoms with Gasteiger partial charge in [0.1, 0.15) is 18.8 Å². The topological polar surface area (TPSA) is 88.0 Å². The first kappa shape index (κ1) is 28.1. The molecule has 0 bridgehead atoms. The highest BCUT2D eigenvalue weighted by Crippen LogP contribution is 2.40. The maximum Gasteiger partial charge on any atom is 0.416 e. The fourth-order valence-electron chi connectivity index (χ4n) is 4.21. The van der Waals surface area contributed by atoms with Crippen molar-refractivity contribution in [1.82, 2.24) is 5.32 Å². The molecule has 0 aromatic heterocycles. The zero-order chi connectivity index (χ0) is 28.4. The van der Waals surface area contributed by atoms with Gasteiger partial charge in [0.25, 0.3) is 0 Å². The van der Waals surface area contributed by atoms with Crippen LogP contribution in [0.25, 0.3) is 23.3 Å². The molecule has 1 unspecified atom stereocenters. The average molecular weight is 546 g/mol. The standard InChI is InChI=1S/C29H27F4NO5/c1-17-19(4-3-5-21(17)22-9-11-24-26(25(22)30)39-13-12-38-24)7-8-20-14-18(6-10-23(20)29(31,32)33)15-34-28(2,16-35)27(36)37/h3-11,14,34-35H,12-13,15-16H2,1-2H3,(H,36,37)/b8-7+. The number of ether oxygens (including phenoxy) is 2. The molecule has 1 atom stereocenters.